The third-order valence-electron chi connectivity index (χ3n) is 4.53. The van der Waals surface area contributed by atoms with E-state index in [9.17, 15) is 0 Å². The van der Waals surface area contributed by atoms with Crippen LogP contribution in [0.5, 0.6) is 5.88 Å². The molecule has 1 unspecified atom stereocenters. The topological polar surface area (TPSA) is 73.1 Å². The minimum absolute atomic E-state index is 0.413. The van der Waals surface area contributed by atoms with E-state index in [1.165, 1.54) is 11.8 Å². The molecule has 3 heterocycles. The number of aromatic nitrogens is 3. The van der Waals surface area contributed by atoms with Gasteiger partial charge in [-0.1, -0.05) is 41.6 Å². The van der Waals surface area contributed by atoms with Crippen molar-refractivity contribution >= 4 is 29.1 Å². The van der Waals surface area contributed by atoms with E-state index in [0.29, 0.717) is 27.5 Å². The molecule has 0 spiro atoms. The highest BCUT2D eigenvalue weighted by molar-refractivity contribution is 7.98. The molecule has 8 heteroatoms. The molecule has 0 bridgehead atoms. The molecule has 144 valence electrons. The Morgan fingerprint density at radius 1 is 1.00 bits per heavy atom. The number of ether oxygens (including phenoxy) is 1. The number of halogens is 1. The highest BCUT2D eigenvalue weighted by Crippen LogP contribution is 2.40. The third-order valence-corrected chi connectivity index (χ3v) is 5.32. The first-order valence-corrected chi connectivity index (χ1v) is 10.5. The Labute approximate surface area is 176 Å². The Morgan fingerprint density at radius 2 is 1.83 bits per heavy atom. The molecule has 0 aliphatic carbocycles. The van der Waals surface area contributed by atoms with Crippen LogP contribution in [0.15, 0.2) is 70.2 Å². The van der Waals surface area contributed by atoms with Crippen LogP contribution in [0.1, 0.15) is 12.0 Å². The second kappa shape index (κ2) is 7.42. The summed E-state index contributed by atoms with van der Waals surface area (Å²) in [5, 5.41) is 13.1. The molecule has 1 N–H and O–H groups in total. The molecular weight excluding hydrogens is 408 g/mol. The maximum atomic E-state index is 6.18. The molecule has 1 aliphatic rings. The molecule has 1 atom stereocenters. The number of hydrogen-bond acceptors (Lipinski definition) is 7. The average Bonchev–Trinajstić information content (AvgIpc) is 3.18. The number of fused-ring (bicyclic) bond motifs is 3. The minimum Gasteiger partial charge on any atom is -0.455 e. The minimum atomic E-state index is -0.565. The van der Waals surface area contributed by atoms with Gasteiger partial charge in [-0.15, -0.1) is 10.2 Å². The first-order valence-electron chi connectivity index (χ1n) is 8.88. The van der Waals surface area contributed by atoms with Crippen molar-refractivity contribution < 1.29 is 9.15 Å². The third kappa shape index (κ3) is 3.43. The van der Waals surface area contributed by atoms with E-state index in [1.807, 2.05) is 66.9 Å². The maximum absolute atomic E-state index is 6.18. The summed E-state index contributed by atoms with van der Waals surface area (Å²) in [6.07, 6.45) is 1.33. The lowest BCUT2D eigenvalue weighted by Gasteiger charge is -2.16. The molecule has 1 aliphatic heterocycles. The lowest BCUT2D eigenvalue weighted by molar-refractivity contribution is 0.196. The number of rotatable bonds is 3. The molecule has 6 nitrogen and oxygen atoms in total. The van der Waals surface area contributed by atoms with Crippen LogP contribution in [-0.4, -0.2) is 21.4 Å². The zero-order valence-corrected chi connectivity index (χ0v) is 16.9. The number of anilines is 1. The second-order valence-electron chi connectivity index (χ2n) is 6.35. The average molecular weight is 423 g/mol. The van der Waals surface area contributed by atoms with Crippen LogP contribution in [-0.2, 0) is 0 Å². The summed E-state index contributed by atoms with van der Waals surface area (Å²) in [6, 6.07) is 19.1. The summed E-state index contributed by atoms with van der Waals surface area (Å²) < 4.78 is 12.3. The van der Waals surface area contributed by atoms with Crippen LogP contribution in [0.25, 0.3) is 22.6 Å². The normalized spacial score (nSPS) is 14.9. The first-order chi connectivity index (χ1) is 14.2. The smallest absolute Gasteiger partial charge is 0.247 e. The fourth-order valence-electron chi connectivity index (χ4n) is 3.13. The lowest BCUT2D eigenvalue weighted by Crippen LogP contribution is -2.16. The van der Waals surface area contributed by atoms with E-state index in [1.54, 1.807) is 0 Å². The van der Waals surface area contributed by atoms with Crippen LogP contribution >= 0.6 is 23.4 Å². The highest BCUT2D eigenvalue weighted by Gasteiger charge is 2.27. The van der Waals surface area contributed by atoms with Gasteiger partial charge in [0.1, 0.15) is 5.76 Å². The standard InChI is InChI=1S/C21H15ClN4O2S/c1-29-21-24-20-18(25-26-21)14-4-2-3-5-15(14)23-19(28-20)17-11-10-16(27-17)12-6-8-13(22)9-7-12/h2-11,19,23H,1H3. The van der Waals surface area contributed by atoms with Gasteiger partial charge < -0.3 is 14.5 Å². The van der Waals surface area contributed by atoms with Gasteiger partial charge in [-0.05, 0) is 48.7 Å². The predicted molar refractivity (Wildman–Crippen MR) is 113 cm³/mol. The van der Waals surface area contributed by atoms with E-state index in [-0.39, 0.29) is 0 Å². The van der Waals surface area contributed by atoms with Gasteiger partial charge in [0.2, 0.25) is 17.3 Å². The van der Waals surface area contributed by atoms with Crippen LogP contribution in [0, 0.1) is 0 Å². The number of nitrogens with one attached hydrogen (secondary N) is 1. The first kappa shape index (κ1) is 18.0. The Hall–Kier alpha value is -3.03. The zero-order valence-electron chi connectivity index (χ0n) is 15.3. The van der Waals surface area contributed by atoms with Crippen LogP contribution in [0.4, 0.5) is 5.69 Å². The monoisotopic (exact) mass is 422 g/mol. The van der Waals surface area contributed by atoms with Gasteiger partial charge in [-0.25, -0.2) is 0 Å². The number of hydrogen-bond donors (Lipinski definition) is 1. The fourth-order valence-corrected chi connectivity index (χ4v) is 3.55. The summed E-state index contributed by atoms with van der Waals surface area (Å²) >= 11 is 7.39. The van der Waals surface area contributed by atoms with Gasteiger partial charge in [0.15, 0.2) is 11.5 Å². The largest absolute Gasteiger partial charge is 0.455 e. The van der Waals surface area contributed by atoms with Crippen molar-refractivity contribution in [2.75, 3.05) is 11.6 Å². The number of thioether (sulfide) groups is 1. The summed E-state index contributed by atoms with van der Waals surface area (Å²) in [5.74, 6) is 1.77. The van der Waals surface area contributed by atoms with Crippen molar-refractivity contribution in [3.63, 3.8) is 0 Å². The van der Waals surface area contributed by atoms with Crippen LogP contribution < -0.4 is 10.1 Å². The van der Waals surface area contributed by atoms with Crippen molar-refractivity contribution in [1.82, 2.24) is 15.2 Å². The fraction of sp³-hybridized carbons (Fsp3) is 0.0952. The Bertz CT molecular complexity index is 1180. The quantitative estimate of drug-likeness (QED) is 0.426. The zero-order chi connectivity index (χ0) is 19.8. The van der Waals surface area contributed by atoms with Crippen molar-refractivity contribution in [3.8, 4) is 28.5 Å². The number of para-hydroxylation sites is 1. The Balaban J connectivity index is 1.56. The summed E-state index contributed by atoms with van der Waals surface area (Å²) in [5.41, 5.74) is 3.28. The molecule has 2 aromatic heterocycles. The molecule has 2 aromatic carbocycles. The highest BCUT2D eigenvalue weighted by atomic mass is 35.5. The SMILES string of the molecule is CSc1nnc2c(n1)OC(c1ccc(-c3ccc(Cl)cc3)o1)Nc1ccccc1-2. The molecule has 0 saturated carbocycles. The van der Waals surface area contributed by atoms with Gasteiger partial charge in [0.05, 0.1) is 0 Å². The molecular formula is C21H15ClN4O2S. The molecule has 29 heavy (non-hydrogen) atoms. The van der Waals surface area contributed by atoms with E-state index in [4.69, 9.17) is 20.8 Å². The van der Waals surface area contributed by atoms with Gasteiger partial charge >= 0.3 is 0 Å². The van der Waals surface area contributed by atoms with Crippen molar-refractivity contribution in [1.29, 1.82) is 0 Å². The summed E-state index contributed by atoms with van der Waals surface area (Å²) in [4.78, 5) is 4.51. The van der Waals surface area contributed by atoms with Crippen LogP contribution in [0.3, 0.4) is 0 Å². The van der Waals surface area contributed by atoms with E-state index in [2.05, 4.69) is 20.5 Å². The summed E-state index contributed by atoms with van der Waals surface area (Å²) in [6.45, 7) is 0. The number of benzene rings is 2. The summed E-state index contributed by atoms with van der Waals surface area (Å²) in [7, 11) is 0. The second-order valence-corrected chi connectivity index (χ2v) is 7.56. The maximum Gasteiger partial charge on any atom is 0.247 e. The van der Waals surface area contributed by atoms with Crippen molar-refractivity contribution in [2.45, 2.75) is 11.4 Å². The van der Waals surface area contributed by atoms with Gasteiger partial charge in [0, 0.05) is 21.8 Å². The van der Waals surface area contributed by atoms with Gasteiger partial charge in [0.25, 0.3) is 0 Å². The molecule has 0 fully saturated rings. The van der Waals surface area contributed by atoms with E-state index >= 15 is 0 Å². The molecule has 5 rings (SSSR count). The Kier molecular flexibility index (Phi) is 4.61. The lowest BCUT2D eigenvalue weighted by atomic mass is 10.1. The molecule has 0 saturated heterocycles. The Morgan fingerprint density at radius 3 is 2.66 bits per heavy atom. The van der Waals surface area contributed by atoms with E-state index < -0.39 is 6.23 Å². The van der Waals surface area contributed by atoms with Crippen molar-refractivity contribution in [3.05, 3.63) is 71.4 Å². The van der Waals surface area contributed by atoms with Gasteiger partial charge in [-0.2, -0.15) is 4.98 Å². The van der Waals surface area contributed by atoms with Gasteiger partial charge in [-0.3, -0.25) is 0 Å². The molecule has 0 radical (unpaired) electrons. The molecule has 0 amide bonds. The molecule has 4 aromatic rings. The van der Waals surface area contributed by atoms with Crippen molar-refractivity contribution in [2.24, 2.45) is 0 Å². The number of nitrogens with zero attached hydrogens (tertiary/aromatic N) is 3. The van der Waals surface area contributed by atoms with E-state index in [0.717, 1.165) is 22.6 Å². The predicted octanol–water partition coefficient (Wildman–Crippen LogP) is 5.68. The number of furan rings is 1. The van der Waals surface area contributed by atoms with Crippen LogP contribution in [0.2, 0.25) is 5.02 Å².